The molecular weight excluding hydrogens is 797 g/mol. The predicted molar refractivity (Wildman–Crippen MR) is 262 cm³/mol. The van der Waals surface area contributed by atoms with E-state index in [0.29, 0.717) is 23.3 Å². The number of hydrogen-bond acceptors (Lipinski definition) is 6. The Labute approximate surface area is 382 Å². The molecule has 3 aromatic rings. The summed E-state index contributed by atoms with van der Waals surface area (Å²) in [6.45, 7) is 26.4. The maximum Gasteiger partial charge on any atom is 0.321 e. The SMILES string of the molecule is C=Cc1c2[nH]c(c1C)C=C1NC(=C3c4[nH]c(c(C)c4C(=O)[C@@H]3C(=O)OC)C=c3[nH]c(c(C)c3CC)=C2)[C@H](CCC(=O)OC/C=C(\C)CCC[C@@H](C)CCC[C@@H](C)CCCC(C)C)[C@@H]1C. The van der Waals surface area contributed by atoms with E-state index in [4.69, 9.17) is 9.47 Å². The maximum atomic E-state index is 14.4. The maximum absolute atomic E-state index is 14.4. The van der Waals surface area contributed by atoms with Crippen LogP contribution < -0.4 is 16.0 Å². The van der Waals surface area contributed by atoms with E-state index in [9.17, 15) is 14.4 Å². The first-order valence-corrected chi connectivity index (χ1v) is 24.2. The van der Waals surface area contributed by atoms with Gasteiger partial charge in [0.15, 0.2) is 5.78 Å². The number of carbonyl (C=O) groups is 3. The molecule has 2 aliphatic heterocycles. The molecule has 9 nitrogen and oxygen atoms in total. The highest BCUT2D eigenvalue weighted by atomic mass is 16.5. The molecule has 1 aliphatic carbocycles. The number of nitrogens with one attached hydrogen (secondary N) is 4. The summed E-state index contributed by atoms with van der Waals surface area (Å²) in [4.78, 5) is 52.4. The molecule has 0 spiro atoms. The predicted octanol–water partition coefficient (Wildman–Crippen LogP) is 11.1. The van der Waals surface area contributed by atoms with Gasteiger partial charge in [-0.25, -0.2) is 0 Å². The molecule has 6 rings (SSSR count). The molecule has 0 saturated carbocycles. The van der Waals surface area contributed by atoms with Gasteiger partial charge in [-0.05, 0) is 118 Å². The number of Topliss-reactive ketones (excluding diaryl/α,β-unsaturated/α-hetero) is 1. The van der Waals surface area contributed by atoms with E-state index in [-0.39, 0.29) is 36.6 Å². The van der Waals surface area contributed by atoms with Gasteiger partial charge in [0, 0.05) is 74.1 Å². The molecule has 5 atom stereocenters. The van der Waals surface area contributed by atoms with Crippen molar-refractivity contribution in [2.45, 2.75) is 146 Å². The average Bonchev–Trinajstić information content (AvgIpc) is 3.99. The lowest BCUT2D eigenvalue weighted by Crippen LogP contribution is -2.25. The summed E-state index contributed by atoms with van der Waals surface area (Å²) in [6, 6.07) is 0. The molecule has 0 radical (unpaired) electrons. The molecule has 1 fully saturated rings. The number of carbonyl (C=O) groups excluding carboxylic acids is 3. The minimum Gasteiger partial charge on any atom is -0.468 e. The molecule has 8 bridgehead atoms. The van der Waals surface area contributed by atoms with Crippen LogP contribution in [0.4, 0.5) is 0 Å². The Balaban J connectivity index is 1.21. The molecule has 0 aromatic carbocycles. The lowest BCUT2D eigenvalue weighted by molar-refractivity contribution is -0.143. The van der Waals surface area contributed by atoms with Gasteiger partial charge in [-0.15, -0.1) is 0 Å². The van der Waals surface area contributed by atoms with Crippen molar-refractivity contribution < 1.29 is 23.9 Å². The summed E-state index contributed by atoms with van der Waals surface area (Å²) in [5.41, 5.74) is 12.5. The highest BCUT2D eigenvalue weighted by molar-refractivity contribution is 6.24. The zero-order chi connectivity index (χ0) is 46.4. The van der Waals surface area contributed by atoms with Crippen LogP contribution in [0, 0.1) is 56.3 Å². The Morgan fingerprint density at radius 2 is 1.48 bits per heavy atom. The van der Waals surface area contributed by atoms with E-state index in [1.165, 1.54) is 63.2 Å². The number of allylic oxidation sites excluding steroid dienone is 3. The van der Waals surface area contributed by atoms with Gasteiger partial charge in [0.1, 0.15) is 12.5 Å². The van der Waals surface area contributed by atoms with Gasteiger partial charge in [-0.2, -0.15) is 0 Å². The van der Waals surface area contributed by atoms with Crippen molar-refractivity contribution in [3.8, 4) is 0 Å². The zero-order valence-electron chi connectivity index (χ0n) is 40.8. The average molecular weight is 873 g/mol. The van der Waals surface area contributed by atoms with E-state index in [0.717, 1.165) is 98.4 Å². The van der Waals surface area contributed by atoms with Crippen LogP contribution in [0.5, 0.6) is 0 Å². The van der Waals surface area contributed by atoms with Crippen LogP contribution in [0.2, 0.25) is 0 Å². The lowest BCUT2D eigenvalue weighted by atomic mass is 9.85. The highest BCUT2D eigenvalue weighted by Gasteiger charge is 2.48. The van der Waals surface area contributed by atoms with Crippen molar-refractivity contribution in [2.75, 3.05) is 13.7 Å². The number of esters is 2. The summed E-state index contributed by atoms with van der Waals surface area (Å²) in [7, 11) is 1.32. The fraction of sp³-hybridized carbons (Fsp3) is 0.545. The van der Waals surface area contributed by atoms with Crippen LogP contribution in [0.3, 0.4) is 0 Å². The molecular formula is C55H76N4O5. The molecule has 3 aliphatic rings. The van der Waals surface area contributed by atoms with Crippen molar-refractivity contribution in [3.05, 3.63) is 96.5 Å². The molecule has 5 heterocycles. The Kier molecular flexibility index (Phi) is 16.1. The van der Waals surface area contributed by atoms with Crippen molar-refractivity contribution in [1.82, 2.24) is 20.3 Å². The topological polar surface area (TPSA) is 129 Å². The van der Waals surface area contributed by atoms with Gasteiger partial charge >= 0.3 is 11.9 Å². The van der Waals surface area contributed by atoms with Crippen molar-refractivity contribution in [1.29, 1.82) is 0 Å². The van der Waals surface area contributed by atoms with Crippen LogP contribution in [0.1, 0.15) is 180 Å². The largest absolute Gasteiger partial charge is 0.468 e. The summed E-state index contributed by atoms with van der Waals surface area (Å²) in [5.74, 6) is -0.275. The molecule has 0 amide bonds. The zero-order valence-corrected chi connectivity index (χ0v) is 40.8. The molecule has 1 saturated heterocycles. The number of ether oxygens (including phenoxy) is 2. The van der Waals surface area contributed by atoms with Gasteiger partial charge < -0.3 is 29.7 Å². The van der Waals surface area contributed by atoms with Gasteiger partial charge in [-0.1, -0.05) is 105 Å². The standard InChI is InChI=1S/C55H76N4O5/c1-13-39-35(8)42-28-44-37(10)41(24-25-48(60)64-27-26-34(7)23-17-22-33(6)21-16-20-32(5)19-15-18-31(3)4)52(58-44)50-51(55(62)63-12)54(61)49-38(11)45(59-53(49)50)30-47-40(14-2)36(9)43(57-47)29-46(39)56-42/h13,26,28-33,37,41,51,56-59H,1,14-25,27H2,2-12H3/b34-26+,43-29?,44-28?,47-30?,52-50?/t32-,33-,37-,41+,51+/m0/s1. The van der Waals surface area contributed by atoms with Crippen LogP contribution in [-0.2, 0) is 25.5 Å². The summed E-state index contributed by atoms with van der Waals surface area (Å²) in [5, 5.41) is 5.66. The number of aromatic amines is 3. The summed E-state index contributed by atoms with van der Waals surface area (Å²) < 4.78 is 11.1. The monoisotopic (exact) mass is 873 g/mol. The number of fused-ring (bicyclic) bond motifs is 7. The first-order valence-electron chi connectivity index (χ1n) is 24.2. The first-order chi connectivity index (χ1) is 30.6. The Morgan fingerprint density at radius 3 is 2.14 bits per heavy atom. The first kappa shape index (κ1) is 48.4. The second-order valence-electron chi connectivity index (χ2n) is 19.7. The van der Waals surface area contributed by atoms with Crippen LogP contribution in [0.25, 0.3) is 29.9 Å². The van der Waals surface area contributed by atoms with Gasteiger partial charge in [0.25, 0.3) is 0 Å². The van der Waals surface area contributed by atoms with E-state index >= 15 is 0 Å². The number of aromatic nitrogens is 3. The Hall–Kier alpha value is -5.05. The van der Waals surface area contributed by atoms with Crippen LogP contribution in [-0.4, -0.2) is 46.4 Å². The summed E-state index contributed by atoms with van der Waals surface area (Å²) >= 11 is 0. The van der Waals surface area contributed by atoms with E-state index in [2.05, 4.69) is 107 Å². The van der Waals surface area contributed by atoms with E-state index < -0.39 is 11.9 Å². The quantitative estimate of drug-likeness (QED) is 0.0508. The molecule has 0 unspecified atom stereocenters. The number of ketones is 1. The fourth-order valence-electron chi connectivity index (χ4n) is 10.4. The second kappa shape index (κ2) is 21.3. The van der Waals surface area contributed by atoms with Gasteiger partial charge in [0.05, 0.1) is 12.8 Å². The Morgan fingerprint density at radius 1 is 0.828 bits per heavy atom. The molecule has 9 heteroatoms. The molecule has 346 valence electrons. The molecule has 4 N–H and O–H groups in total. The lowest BCUT2D eigenvalue weighted by Gasteiger charge is -2.19. The van der Waals surface area contributed by atoms with Crippen molar-refractivity contribution >= 4 is 47.6 Å². The van der Waals surface area contributed by atoms with Crippen LogP contribution in [0.15, 0.2) is 29.6 Å². The number of hydrogen-bond donors (Lipinski definition) is 4. The Bertz CT molecular complexity index is 2450. The van der Waals surface area contributed by atoms with Crippen molar-refractivity contribution in [3.63, 3.8) is 0 Å². The smallest absolute Gasteiger partial charge is 0.321 e. The van der Waals surface area contributed by atoms with Crippen LogP contribution >= 0.6 is 0 Å². The molecule has 64 heavy (non-hydrogen) atoms. The minimum absolute atomic E-state index is 0.0876. The number of methoxy groups -OCH3 is 1. The number of H-pyrrole nitrogens is 3. The minimum atomic E-state index is -1.14. The summed E-state index contributed by atoms with van der Waals surface area (Å²) in [6.07, 6.45) is 23.1. The van der Waals surface area contributed by atoms with E-state index in [1.54, 1.807) is 0 Å². The van der Waals surface area contributed by atoms with Crippen molar-refractivity contribution in [2.24, 2.45) is 35.5 Å². The number of rotatable bonds is 20. The molecule has 3 aromatic heterocycles. The third-order valence-corrected chi connectivity index (χ3v) is 14.6. The van der Waals surface area contributed by atoms with Gasteiger partial charge in [-0.3, -0.25) is 14.4 Å². The van der Waals surface area contributed by atoms with E-state index in [1.807, 2.05) is 19.1 Å². The second-order valence-corrected chi connectivity index (χ2v) is 19.7. The third kappa shape index (κ3) is 10.6. The van der Waals surface area contributed by atoms with Gasteiger partial charge in [0.2, 0.25) is 0 Å². The third-order valence-electron chi connectivity index (χ3n) is 14.6. The highest BCUT2D eigenvalue weighted by Crippen LogP contribution is 2.48. The normalized spacial score (nSPS) is 19.0. The fourth-order valence-corrected chi connectivity index (χ4v) is 10.4.